The van der Waals surface area contributed by atoms with Crippen molar-refractivity contribution in [3.63, 3.8) is 0 Å². The molecule has 3 aliphatic rings. The maximum absolute atomic E-state index is 6.57. The Bertz CT molecular complexity index is 266. The largest absolute Gasteiger partial charge is 0.375 e. The summed E-state index contributed by atoms with van der Waals surface area (Å²) < 4.78 is 6.19. The summed E-state index contributed by atoms with van der Waals surface area (Å²) >= 11 is 2.11. The van der Waals surface area contributed by atoms with Crippen molar-refractivity contribution < 1.29 is 4.74 Å². The van der Waals surface area contributed by atoms with Gasteiger partial charge in [-0.3, -0.25) is 0 Å². The standard InChI is InChI=1S/C15H27NOS/c16-14(13-5-4-10-18-13)12-6-9-17-15(11-12)7-2-1-3-8-15/h12-14H,1-11,16H2. The number of thioether (sulfide) groups is 1. The smallest absolute Gasteiger partial charge is 0.0685 e. The van der Waals surface area contributed by atoms with E-state index in [1.165, 1.54) is 63.5 Å². The molecule has 1 saturated carbocycles. The second-order valence-electron chi connectivity index (χ2n) is 6.47. The Morgan fingerprint density at radius 2 is 1.94 bits per heavy atom. The molecule has 0 aromatic carbocycles. The van der Waals surface area contributed by atoms with E-state index in [0.717, 1.165) is 11.9 Å². The molecule has 1 spiro atoms. The van der Waals surface area contributed by atoms with Crippen LogP contribution in [0.3, 0.4) is 0 Å². The summed E-state index contributed by atoms with van der Waals surface area (Å²) in [4.78, 5) is 0. The average Bonchev–Trinajstić information content (AvgIpc) is 2.93. The van der Waals surface area contributed by atoms with Gasteiger partial charge in [0.2, 0.25) is 0 Å². The van der Waals surface area contributed by atoms with Crippen LogP contribution in [0.1, 0.15) is 57.8 Å². The van der Waals surface area contributed by atoms with Gasteiger partial charge in [-0.25, -0.2) is 0 Å². The Labute approximate surface area is 115 Å². The van der Waals surface area contributed by atoms with Crippen molar-refractivity contribution in [3.05, 3.63) is 0 Å². The van der Waals surface area contributed by atoms with Gasteiger partial charge >= 0.3 is 0 Å². The molecule has 3 atom stereocenters. The highest BCUT2D eigenvalue weighted by Gasteiger charge is 2.41. The molecule has 0 radical (unpaired) electrons. The summed E-state index contributed by atoms with van der Waals surface area (Å²) in [5, 5.41) is 0.730. The first-order valence-electron chi connectivity index (χ1n) is 7.80. The van der Waals surface area contributed by atoms with Crippen LogP contribution in [0.2, 0.25) is 0 Å². The Balaban J connectivity index is 1.62. The van der Waals surface area contributed by atoms with Gasteiger partial charge in [-0.1, -0.05) is 19.3 Å². The number of ether oxygens (including phenoxy) is 1. The minimum atomic E-state index is 0.224. The molecule has 104 valence electrons. The first-order valence-corrected chi connectivity index (χ1v) is 8.85. The van der Waals surface area contributed by atoms with E-state index in [4.69, 9.17) is 10.5 Å². The van der Waals surface area contributed by atoms with Crippen LogP contribution in [0.4, 0.5) is 0 Å². The fourth-order valence-electron chi connectivity index (χ4n) is 4.15. The Morgan fingerprint density at radius 3 is 2.67 bits per heavy atom. The fraction of sp³-hybridized carbons (Fsp3) is 1.00. The van der Waals surface area contributed by atoms with Gasteiger partial charge in [0, 0.05) is 17.9 Å². The molecule has 0 bridgehead atoms. The maximum atomic E-state index is 6.57. The van der Waals surface area contributed by atoms with Gasteiger partial charge in [-0.2, -0.15) is 11.8 Å². The third-order valence-electron chi connectivity index (χ3n) is 5.23. The number of nitrogens with two attached hydrogens (primary N) is 1. The predicted octanol–water partition coefficient (Wildman–Crippen LogP) is 3.34. The average molecular weight is 269 g/mol. The second kappa shape index (κ2) is 5.72. The SMILES string of the molecule is NC(C1CCOC2(CCCCC2)C1)C1CCCS1. The third-order valence-corrected chi connectivity index (χ3v) is 6.74. The molecule has 3 unspecified atom stereocenters. The first-order chi connectivity index (χ1) is 8.79. The molecular formula is C15H27NOS. The van der Waals surface area contributed by atoms with Crippen LogP contribution in [-0.4, -0.2) is 29.3 Å². The number of rotatable bonds is 2. The molecule has 3 rings (SSSR count). The molecule has 1 aliphatic carbocycles. The first kappa shape index (κ1) is 13.3. The summed E-state index contributed by atoms with van der Waals surface area (Å²) in [6, 6.07) is 0.417. The lowest BCUT2D eigenvalue weighted by Gasteiger charge is -2.45. The Kier molecular flexibility index (Phi) is 4.21. The van der Waals surface area contributed by atoms with Crippen molar-refractivity contribution in [3.8, 4) is 0 Å². The molecule has 2 aliphatic heterocycles. The van der Waals surface area contributed by atoms with E-state index >= 15 is 0 Å². The molecule has 0 aromatic heterocycles. The summed E-state index contributed by atoms with van der Waals surface area (Å²) in [7, 11) is 0. The highest BCUT2D eigenvalue weighted by molar-refractivity contribution is 8.00. The van der Waals surface area contributed by atoms with Crippen LogP contribution in [0.25, 0.3) is 0 Å². The molecule has 2 N–H and O–H groups in total. The van der Waals surface area contributed by atoms with Crippen molar-refractivity contribution in [2.45, 2.75) is 74.7 Å². The minimum absolute atomic E-state index is 0.224. The molecule has 0 aromatic rings. The lowest BCUT2D eigenvalue weighted by Crippen LogP contribution is -2.49. The monoisotopic (exact) mass is 269 g/mol. The van der Waals surface area contributed by atoms with Gasteiger partial charge in [0.1, 0.15) is 0 Å². The van der Waals surface area contributed by atoms with E-state index in [9.17, 15) is 0 Å². The highest BCUT2D eigenvalue weighted by Crippen LogP contribution is 2.43. The topological polar surface area (TPSA) is 35.2 Å². The van der Waals surface area contributed by atoms with E-state index in [1.54, 1.807) is 0 Å². The highest BCUT2D eigenvalue weighted by atomic mass is 32.2. The van der Waals surface area contributed by atoms with Crippen LogP contribution < -0.4 is 5.73 Å². The zero-order chi connectivity index (χ0) is 12.4. The van der Waals surface area contributed by atoms with Crippen molar-refractivity contribution in [1.29, 1.82) is 0 Å². The molecule has 3 heteroatoms. The van der Waals surface area contributed by atoms with Gasteiger partial charge in [-0.05, 0) is 50.2 Å². The quantitative estimate of drug-likeness (QED) is 0.835. The molecular weight excluding hydrogens is 242 g/mol. The summed E-state index contributed by atoms with van der Waals surface area (Å²) in [6.45, 7) is 0.954. The summed E-state index contributed by atoms with van der Waals surface area (Å²) in [5.41, 5.74) is 6.79. The zero-order valence-corrected chi connectivity index (χ0v) is 12.2. The number of hydrogen-bond acceptors (Lipinski definition) is 3. The molecule has 18 heavy (non-hydrogen) atoms. The molecule has 0 amide bonds. The normalized spacial score (nSPS) is 37.8. The van der Waals surface area contributed by atoms with Crippen molar-refractivity contribution in [2.24, 2.45) is 11.7 Å². The van der Waals surface area contributed by atoms with Gasteiger partial charge in [-0.15, -0.1) is 0 Å². The second-order valence-corrected chi connectivity index (χ2v) is 7.82. The van der Waals surface area contributed by atoms with Crippen LogP contribution in [0, 0.1) is 5.92 Å². The van der Waals surface area contributed by atoms with Gasteiger partial charge in [0.15, 0.2) is 0 Å². The Morgan fingerprint density at radius 1 is 1.11 bits per heavy atom. The minimum Gasteiger partial charge on any atom is -0.375 e. The van der Waals surface area contributed by atoms with Gasteiger partial charge in [0.25, 0.3) is 0 Å². The molecule has 3 fully saturated rings. The third kappa shape index (κ3) is 2.73. The van der Waals surface area contributed by atoms with Crippen LogP contribution in [0.5, 0.6) is 0 Å². The van der Waals surface area contributed by atoms with Crippen LogP contribution in [-0.2, 0) is 4.74 Å². The number of hydrogen-bond donors (Lipinski definition) is 1. The van der Waals surface area contributed by atoms with E-state index in [0.29, 0.717) is 12.0 Å². The molecule has 2 heterocycles. The summed E-state index contributed by atoms with van der Waals surface area (Å²) in [5.74, 6) is 2.04. The van der Waals surface area contributed by atoms with Gasteiger partial charge < -0.3 is 10.5 Å². The molecule has 2 saturated heterocycles. The maximum Gasteiger partial charge on any atom is 0.0685 e. The van der Waals surface area contributed by atoms with E-state index < -0.39 is 0 Å². The lowest BCUT2D eigenvalue weighted by atomic mass is 9.73. The van der Waals surface area contributed by atoms with Crippen molar-refractivity contribution in [2.75, 3.05) is 12.4 Å². The fourth-order valence-corrected chi connectivity index (χ4v) is 5.56. The Hall–Kier alpha value is 0.270. The van der Waals surface area contributed by atoms with Crippen molar-refractivity contribution in [1.82, 2.24) is 0 Å². The van der Waals surface area contributed by atoms with Gasteiger partial charge in [0.05, 0.1) is 5.60 Å². The van der Waals surface area contributed by atoms with Crippen LogP contribution in [0.15, 0.2) is 0 Å². The lowest BCUT2D eigenvalue weighted by molar-refractivity contribution is -0.120. The van der Waals surface area contributed by atoms with E-state index in [-0.39, 0.29) is 5.60 Å². The van der Waals surface area contributed by atoms with Crippen LogP contribution >= 0.6 is 11.8 Å². The van der Waals surface area contributed by atoms with E-state index in [1.807, 2.05) is 0 Å². The predicted molar refractivity (Wildman–Crippen MR) is 77.9 cm³/mol. The van der Waals surface area contributed by atoms with Crippen molar-refractivity contribution >= 4 is 11.8 Å². The zero-order valence-electron chi connectivity index (χ0n) is 11.4. The summed E-state index contributed by atoms with van der Waals surface area (Å²) in [6.07, 6.45) is 11.8. The van der Waals surface area contributed by atoms with E-state index in [2.05, 4.69) is 11.8 Å². The molecule has 2 nitrogen and oxygen atoms in total.